The van der Waals surface area contributed by atoms with Gasteiger partial charge in [0.1, 0.15) is 0 Å². The molecule has 1 saturated carbocycles. The first-order valence-corrected chi connectivity index (χ1v) is 7.48. The van der Waals surface area contributed by atoms with Crippen LogP contribution in [-0.4, -0.2) is 36.5 Å². The number of nitrogens with zero attached hydrogens (tertiary/aromatic N) is 2. The first-order chi connectivity index (χ1) is 9.60. The number of nitrogens with one attached hydrogen (secondary N) is 1. The summed E-state index contributed by atoms with van der Waals surface area (Å²) in [7, 11) is 0. The summed E-state index contributed by atoms with van der Waals surface area (Å²) in [6.07, 6.45) is 2.68. The molecule has 0 aromatic heterocycles. The predicted molar refractivity (Wildman–Crippen MR) is 102 cm³/mol. The van der Waals surface area contributed by atoms with Gasteiger partial charge in [-0.3, -0.25) is 9.89 Å². The molecule has 0 heterocycles. The molecule has 0 unspecified atom stereocenters. The van der Waals surface area contributed by atoms with Gasteiger partial charge in [-0.25, -0.2) is 0 Å². The van der Waals surface area contributed by atoms with Crippen molar-refractivity contribution in [3.05, 3.63) is 29.3 Å². The van der Waals surface area contributed by atoms with Crippen LogP contribution in [0.2, 0.25) is 0 Å². The van der Waals surface area contributed by atoms with Crippen molar-refractivity contribution in [2.75, 3.05) is 25.0 Å². The van der Waals surface area contributed by atoms with Crippen LogP contribution in [0.1, 0.15) is 30.9 Å². The molecule has 3 N–H and O–H groups in total. The van der Waals surface area contributed by atoms with Gasteiger partial charge in [-0.05, 0) is 56.5 Å². The Kier molecular flexibility index (Phi) is 7.45. The molecule has 0 saturated heterocycles. The lowest BCUT2D eigenvalue weighted by molar-refractivity contribution is 0.286. The number of hydrogen-bond donors (Lipinski definition) is 2. The van der Waals surface area contributed by atoms with Gasteiger partial charge in [0.2, 0.25) is 0 Å². The summed E-state index contributed by atoms with van der Waals surface area (Å²) in [4.78, 5) is 6.89. The summed E-state index contributed by atoms with van der Waals surface area (Å²) in [5.74, 6) is 0.500. The zero-order valence-electron chi connectivity index (χ0n) is 13.2. The van der Waals surface area contributed by atoms with E-state index in [2.05, 4.69) is 48.1 Å². The van der Waals surface area contributed by atoms with Crippen LogP contribution in [0.15, 0.2) is 23.2 Å². The van der Waals surface area contributed by atoms with Crippen molar-refractivity contribution in [3.63, 3.8) is 0 Å². The van der Waals surface area contributed by atoms with Gasteiger partial charge in [-0.2, -0.15) is 0 Å². The summed E-state index contributed by atoms with van der Waals surface area (Å²) in [6.45, 7) is 9.27. The number of guanidine groups is 1. The largest absolute Gasteiger partial charge is 0.370 e. The second-order valence-corrected chi connectivity index (χ2v) is 5.55. The summed E-state index contributed by atoms with van der Waals surface area (Å²) in [6, 6.07) is 7.02. The number of hydrogen-bond acceptors (Lipinski definition) is 2. The van der Waals surface area contributed by atoms with E-state index in [1.54, 1.807) is 0 Å². The number of anilines is 1. The number of aryl methyl sites for hydroxylation is 2. The molecule has 5 heteroatoms. The van der Waals surface area contributed by atoms with Crippen molar-refractivity contribution in [3.8, 4) is 0 Å². The van der Waals surface area contributed by atoms with Crippen LogP contribution in [0.4, 0.5) is 5.69 Å². The van der Waals surface area contributed by atoms with Gasteiger partial charge >= 0.3 is 0 Å². The summed E-state index contributed by atoms with van der Waals surface area (Å²) in [5.41, 5.74) is 9.48. The van der Waals surface area contributed by atoms with E-state index in [4.69, 9.17) is 5.73 Å². The zero-order chi connectivity index (χ0) is 14.5. The van der Waals surface area contributed by atoms with E-state index in [1.807, 2.05) is 6.07 Å². The molecule has 1 aliphatic carbocycles. The molecule has 0 bridgehead atoms. The van der Waals surface area contributed by atoms with Gasteiger partial charge in [-0.15, -0.1) is 24.0 Å². The zero-order valence-corrected chi connectivity index (χ0v) is 15.6. The molecule has 4 nitrogen and oxygen atoms in total. The second-order valence-electron chi connectivity index (χ2n) is 5.55. The summed E-state index contributed by atoms with van der Waals surface area (Å²) >= 11 is 0. The third-order valence-corrected chi connectivity index (χ3v) is 3.92. The maximum absolute atomic E-state index is 5.93. The SMILES string of the molecule is CCN(CCN=C(N)Nc1ccc(C)c(C)c1)C1CC1.I. The Hall–Kier alpha value is -0.820. The Labute approximate surface area is 145 Å². The third-order valence-electron chi connectivity index (χ3n) is 3.92. The molecule has 1 aliphatic rings. The minimum atomic E-state index is 0. The summed E-state index contributed by atoms with van der Waals surface area (Å²) in [5, 5.41) is 3.16. The van der Waals surface area contributed by atoms with Crippen molar-refractivity contribution in [2.45, 2.75) is 39.7 Å². The Morgan fingerprint density at radius 3 is 2.62 bits per heavy atom. The lowest BCUT2D eigenvalue weighted by Gasteiger charge is -2.18. The Balaban J connectivity index is 0.00000220. The van der Waals surface area contributed by atoms with Crippen molar-refractivity contribution < 1.29 is 0 Å². The van der Waals surface area contributed by atoms with E-state index in [1.165, 1.54) is 24.0 Å². The molecule has 1 fully saturated rings. The van der Waals surface area contributed by atoms with E-state index in [9.17, 15) is 0 Å². The fourth-order valence-electron chi connectivity index (χ4n) is 2.34. The van der Waals surface area contributed by atoms with E-state index in [0.717, 1.165) is 31.4 Å². The van der Waals surface area contributed by atoms with Crippen LogP contribution >= 0.6 is 24.0 Å². The number of benzene rings is 1. The highest BCUT2D eigenvalue weighted by molar-refractivity contribution is 14.0. The second kappa shape index (κ2) is 8.58. The topological polar surface area (TPSA) is 53.6 Å². The van der Waals surface area contributed by atoms with Crippen LogP contribution in [0.25, 0.3) is 0 Å². The number of rotatable bonds is 6. The van der Waals surface area contributed by atoms with Crippen molar-refractivity contribution in [1.82, 2.24) is 4.90 Å². The molecular weight excluding hydrogens is 375 g/mol. The van der Waals surface area contributed by atoms with Crippen molar-refractivity contribution in [2.24, 2.45) is 10.7 Å². The number of nitrogens with two attached hydrogens (primary N) is 1. The van der Waals surface area contributed by atoms with Gasteiger partial charge in [0, 0.05) is 18.3 Å². The molecule has 1 aromatic carbocycles. The maximum Gasteiger partial charge on any atom is 0.193 e. The molecule has 21 heavy (non-hydrogen) atoms. The lowest BCUT2D eigenvalue weighted by Crippen LogP contribution is -2.30. The highest BCUT2D eigenvalue weighted by atomic mass is 127. The molecule has 0 spiro atoms. The first kappa shape index (κ1) is 18.2. The predicted octanol–water partition coefficient (Wildman–Crippen LogP) is 3.13. The fourth-order valence-corrected chi connectivity index (χ4v) is 2.34. The maximum atomic E-state index is 5.93. The molecule has 0 aliphatic heterocycles. The van der Waals surface area contributed by atoms with E-state index in [0.29, 0.717) is 5.96 Å². The Bertz CT molecular complexity index is 483. The van der Waals surface area contributed by atoms with E-state index >= 15 is 0 Å². The molecule has 1 aromatic rings. The van der Waals surface area contributed by atoms with E-state index in [-0.39, 0.29) is 24.0 Å². The average molecular weight is 402 g/mol. The molecular formula is C16H27IN4. The summed E-state index contributed by atoms with van der Waals surface area (Å²) < 4.78 is 0. The highest BCUT2D eigenvalue weighted by Gasteiger charge is 2.26. The van der Waals surface area contributed by atoms with Crippen LogP contribution in [-0.2, 0) is 0 Å². The molecule has 0 radical (unpaired) electrons. The lowest BCUT2D eigenvalue weighted by atomic mass is 10.1. The monoisotopic (exact) mass is 402 g/mol. The minimum Gasteiger partial charge on any atom is -0.370 e. The number of likely N-dealkylation sites (N-methyl/N-ethyl adjacent to an activating group) is 1. The molecule has 0 amide bonds. The molecule has 2 rings (SSSR count). The Morgan fingerprint density at radius 1 is 1.33 bits per heavy atom. The van der Waals surface area contributed by atoms with Gasteiger partial charge in [-0.1, -0.05) is 13.0 Å². The average Bonchev–Trinajstić information content (AvgIpc) is 3.23. The smallest absolute Gasteiger partial charge is 0.193 e. The van der Waals surface area contributed by atoms with Crippen molar-refractivity contribution in [1.29, 1.82) is 0 Å². The van der Waals surface area contributed by atoms with Crippen molar-refractivity contribution >= 4 is 35.6 Å². The Morgan fingerprint density at radius 2 is 2.05 bits per heavy atom. The number of halogens is 1. The fraction of sp³-hybridized carbons (Fsp3) is 0.562. The van der Waals surface area contributed by atoms with Crippen LogP contribution in [0, 0.1) is 13.8 Å². The minimum absolute atomic E-state index is 0. The van der Waals surface area contributed by atoms with E-state index < -0.39 is 0 Å². The molecule has 118 valence electrons. The van der Waals surface area contributed by atoms with Crippen LogP contribution in [0.3, 0.4) is 0 Å². The van der Waals surface area contributed by atoms with Crippen LogP contribution < -0.4 is 11.1 Å². The number of aliphatic imine (C=N–C) groups is 1. The van der Waals surface area contributed by atoms with Crippen LogP contribution in [0.5, 0.6) is 0 Å². The van der Waals surface area contributed by atoms with Gasteiger partial charge < -0.3 is 11.1 Å². The first-order valence-electron chi connectivity index (χ1n) is 7.48. The normalized spacial score (nSPS) is 15.0. The molecule has 0 atom stereocenters. The van der Waals surface area contributed by atoms with Gasteiger partial charge in [0.05, 0.1) is 6.54 Å². The van der Waals surface area contributed by atoms with Gasteiger partial charge in [0.15, 0.2) is 5.96 Å². The highest BCUT2D eigenvalue weighted by Crippen LogP contribution is 2.25. The standard InChI is InChI=1S/C16H26N4.HI/c1-4-20(15-7-8-15)10-9-18-16(17)19-14-6-5-12(2)13(3)11-14;/h5-6,11,15H,4,7-10H2,1-3H3,(H3,17,18,19);1H. The van der Waals surface area contributed by atoms with Gasteiger partial charge in [0.25, 0.3) is 0 Å². The third kappa shape index (κ3) is 5.82. The quantitative estimate of drug-likeness (QED) is 0.437.